The van der Waals surface area contributed by atoms with Crippen molar-refractivity contribution in [1.82, 2.24) is 25.0 Å². The van der Waals surface area contributed by atoms with Crippen molar-refractivity contribution in [2.24, 2.45) is 0 Å². The monoisotopic (exact) mass is 368 g/mol. The Bertz CT molecular complexity index is 1130. The third kappa shape index (κ3) is 2.89. The van der Waals surface area contributed by atoms with E-state index in [4.69, 9.17) is 5.26 Å². The largest absolute Gasteiger partial charge is 0.346 e. The Labute approximate surface area is 150 Å². The molecular formula is C17H16N6O2S. The molecule has 0 saturated heterocycles. The zero-order chi connectivity index (χ0) is 18.3. The fourth-order valence-electron chi connectivity index (χ4n) is 3.52. The van der Waals surface area contributed by atoms with E-state index in [1.54, 1.807) is 0 Å². The average Bonchev–Trinajstić information content (AvgIpc) is 3.19. The van der Waals surface area contributed by atoms with Gasteiger partial charge < -0.3 is 10.3 Å². The van der Waals surface area contributed by atoms with E-state index in [0.717, 1.165) is 39.7 Å². The van der Waals surface area contributed by atoms with Crippen LogP contribution < -0.4 is 10.0 Å². The summed E-state index contributed by atoms with van der Waals surface area (Å²) in [6.45, 7) is 0. The minimum atomic E-state index is -3.36. The predicted molar refractivity (Wildman–Crippen MR) is 96.2 cm³/mol. The molecule has 3 aromatic rings. The molecule has 2 heterocycles. The highest BCUT2D eigenvalue weighted by molar-refractivity contribution is 7.88. The van der Waals surface area contributed by atoms with Gasteiger partial charge in [-0.25, -0.2) is 23.1 Å². The molecular weight excluding hydrogens is 352 g/mol. The smallest absolute Gasteiger partial charge is 0.209 e. The van der Waals surface area contributed by atoms with Crippen LogP contribution in [0.3, 0.4) is 0 Å². The van der Waals surface area contributed by atoms with Crippen LogP contribution in [-0.2, 0) is 10.0 Å². The first-order chi connectivity index (χ1) is 12.5. The maximum Gasteiger partial charge on any atom is 0.209 e. The van der Waals surface area contributed by atoms with Crippen LogP contribution in [0.25, 0.3) is 22.3 Å². The van der Waals surface area contributed by atoms with Crippen LogP contribution in [-0.4, -0.2) is 29.6 Å². The lowest BCUT2D eigenvalue weighted by molar-refractivity contribution is 0.521. The molecule has 1 aliphatic rings. The molecule has 9 heteroatoms. The number of H-pyrrole nitrogens is 1. The summed E-state index contributed by atoms with van der Waals surface area (Å²) in [5, 5.41) is 12.7. The van der Waals surface area contributed by atoms with Crippen molar-refractivity contribution in [2.45, 2.75) is 18.5 Å². The van der Waals surface area contributed by atoms with Crippen LogP contribution in [0.5, 0.6) is 0 Å². The minimum Gasteiger partial charge on any atom is -0.346 e. The molecule has 0 bridgehead atoms. The van der Waals surface area contributed by atoms with E-state index in [1.165, 1.54) is 6.33 Å². The van der Waals surface area contributed by atoms with E-state index in [1.807, 2.05) is 36.7 Å². The zero-order valence-electron chi connectivity index (χ0n) is 13.9. The van der Waals surface area contributed by atoms with E-state index in [0.29, 0.717) is 6.42 Å². The maximum atomic E-state index is 11.6. The van der Waals surface area contributed by atoms with E-state index in [-0.39, 0.29) is 12.1 Å². The summed E-state index contributed by atoms with van der Waals surface area (Å²) in [7, 11) is -3.36. The Hall–Kier alpha value is -2.96. The Kier molecular flexibility index (Phi) is 3.86. The number of hydrogen-bond acceptors (Lipinski definition) is 6. The van der Waals surface area contributed by atoms with Gasteiger partial charge in [0, 0.05) is 23.2 Å². The van der Waals surface area contributed by atoms with Crippen molar-refractivity contribution in [3.05, 3.63) is 47.9 Å². The van der Waals surface area contributed by atoms with Gasteiger partial charge in [-0.05, 0) is 29.7 Å². The van der Waals surface area contributed by atoms with Crippen LogP contribution in [0, 0.1) is 11.5 Å². The van der Waals surface area contributed by atoms with Gasteiger partial charge in [-0.3, -0.25) is 0 Å². The van der Waals surface area contributed by atoms with Crippen molar-refractivity contribution in [3.8, 4) is 17.5 Å². The number of nitrogens with zero attached hydrogens (tertiary/aromatic N) is 3. The summed E-state index contributed by atoms with van der Waals surface area (Å²) in [6.07, 6.45) is 6.88. The molecule has 1 aromatic carbocycles. The van der Waals surface area contributed by atoms with Crippen LogP contribution in [0.1, 0.15) is 29.6 Å². The fraction of sp³-hybridized carbons (Fsp3) is 0.235. The van der Waals surface area contributed by atoms with Gasteiger partial charge in [0.2, 0.25) is 10.0 Å². The highest BCUT2D eigenvalue weighted by Gasteiger charge is 2.33. The third-order valence-corrected chi connectivity index (χ3v) is 5.24. The van der Waals surface area contributed by atoms with Gasteiger partial charge >= 0.3 is 0 Å². The first-order valence-electron chi connectivity index (χ1n) is 8.00. The molecule has 4 rings (SSSR count). The van der Waals surface area contributed by atoms with Crippen molar-refractivity contribution in [2.75, 3.05) is 6.26 Å². The number of benzene rings is 1. The highest BCUT2D eigenvalue weighted by Crippen LogP contribution is 2.41. The topological polar surface area (TPSA) is 124 Å². The second-order valence-corrected chi connectivity index (χ2v) is 8.07. The molecule has 132 valence electrons. The first-order valence-corrected chi connectivity index (χ1v) is 9.89. The standard InChI is InChI=1S/C17H16N6O2S/c1-26(24,25)23-15-7-14(20-8-18)13-6-10(2-3-11(13)15)16-12-4-5-19-17(12)22-9-21-16/h2-6,9,14-15,20,23H,7H2,1H3,(H,19,21,22)/t14-,15+/m0/s1. The molecule has 1 aliphatic carbocycles. The number of hydrogen-bond donors (Lipinski definition) is 3. The predicted octanol–water partition coefficient (Wildman–Crippen LogP) is 1.73. The second kappa shape index (κ2) is 6.09. The summed E-state index contributed by atoms with van der Waals surface area (Å²) >= 11 is 0. The van der Waals surface area contributed by atoms with Gasteiger partial charge in [0.25, 0.3) is 0 Å². The number of nitriles is 1. The molecule has 0 spiro atoms. The quantitative estimate of drug-likeness (QED) is 0.476. The van der Waals surface area contributed by atoms with Crippen LogP contribution >= 0.6 is 0 Å². The van der Waals surface area contributed by atoms with E-state index in [9.17, 15) is 8.42 Å². The SMILES string of the molecule is CS(=O)(=O)N[C@@H]1C[C@H](NC#N)c2cc(-c3ncnc4[nH]ccc34)ccc21. The lowest BCUT2D eigenvalue weighted by Gasteiger charge is -2.12. The Morgan fingerprint density at radius 3 is 2.85 bits per heavy atom. The van der Waals surface area contributed by atoms with Crippen LogP contribution in [0.15, 0.2) is 36.8 Å². The number of rotatable bonds is 4. The third-order valence-electron chi connectivity index (χ3n) is 4.53. The summed E-state index contributed by atoms with van der Waals surface area (Å²) < 4.78 is 25.9. The van der Waals surface area contributed by atoms with Crippen LogP contribution in [0.2, 0.25) is 0 Å². The summed E-state index contributed by atoms with van der Waals surface area (Å²) in [5.74, 6) is 0. The summed E-state index contributed by atoms with van der Waals surface area (Å²) in [6, 6.07) is 7.07. The fourth-order valence-corrected chi connectivity index (χ4v) is 4.26. The number of aromatic nitrogens is 3. The number of fused-ring (bicyclic) bond motifs is 2. The zero-order valence-corrected chi connectivity index (χ0v) is 14.7. The van der Waals surface area contributed by atoms with Gasteiger partial charge in [-0.1, -0.05) is 12.1 Å². The van der Waals surface area contributed by atoms with E-state index >= 15 is 0 Å². The lowest BCUT2D eigenvalue weighted by Crippen LogP contribution is -2.26. The molecule has 0 fully saturated rings. The molecule has 2 aromatic heterocycles. The van der Waals surface area contributed by atoms with Crippen molar-refractivity contribution < 1.29 is 8.42 Å². The average molecular weight is 368 g/mol. The van der Waals surface area contributed by atoms with Crippen molar-refractivity contribution >= 4 is 21.1 Å². The van der Waals surface area contributed by atoms with E-state index < -0.39 is 10.0 Å². The lowest BCUT2D eigenvalue weighted by atomic mass is 10.0. The Balaban J connectivity index is 1.81. The molecule has 0 amide bonds. The van der Waals surface area contributed by atoms with Gasteiger partial charge in [0.15, 0.2) is 6.19 Å². The van der Waals surface area contributed by atoms with Crippen molar-refractivity contribution in [1.29, 1.82) is 5.26 Å². The highest BCUT2D eigenvalue weighted by atomic mass is 32.2. The molecule has 8 nitrogen and oxygen atoms in total. The summed E-state index contributed by atoms with van der Waals surface area (Å²) in [5.41, 5.74) is 4.19. The number of aromatic amines is 1. The molecule has 2 atom stereocenters. The molecule has 3 N–H and O–H groups in total. The normalized spacial score (nSPS) is 19.2. The second-order valence-electron chi connectivity index (χ2n) is 6.29. The molecule has 0 saturated carbocycles. The minimum absolute atomic E-state index is 0.252. The Morgan fingerprint density at radius 1 is 1.23 bits per heavy atom. The maximum absolute atomic E-state index is 11.6. The molecule has 26 heavy (non-hydrogen) atoms. The number of sulfonamides is 1. The number of nitrogens with one attached hydrogen (secondary N) is 3. The molecule has 0 unspecified atom stereocenters. The molecule has 0 aliphatic heterocycles. The van der Waals surface area contributed by atoms with Gasteiger partial charge in [0.1, 0.15) is 12.0 Å². The molecule has 0 radical (unpaired) electrons. The van der Waals surface area contributed by atoms with Gasteiger partial charge in [-0.2, -0.15) is 5.26 Å². The first kappa shape index (κ1) is 16.5. The van der Waals surface area contributed by atoms with Crippen LogP contribution in [0.4, 0.5) is 0 Å². The van der Waals surface area contributed by atoms with Crippen molar-refractivity contribution in [3.63, 3.8) is 0 Å². The summed E-state index contributed by atoms with van der Waals surface area (Å²) in [4.78, 5) is 11.7. The Morgan fingerprint density at radius 2 is 2.08 bits per heavy atom. The van der Waals surface area contributed by atoms with E-state index in [2.05, 4.69) is 25.0 Å². The van der Waals surface area contributed by atoms with Gasteiger partial charge in [-0.15, -0.1) is 0 Å². The van der Waals surface area contributed by atoms with Gasteiger partial charge in [0.05, 0.1) is 18.0 Å².